The number of aromatic nitrogens is 6. The van der Waals surface area contributed by atoms with Crippen LogP contribution in [0.2, 0.25) is 0 Å². The summed E-state index contributed by atoms with van der Waals surface area (Å²) in [4.78, 5) is 15.0. The molecule has 0 N–H and O–H groups in total. The van der Waals surface area contributed by atoms with Gasteiger partial charge < -0.3 is 13.7 Å². The van der Waals surface area contributed by atoms with E-state index in [2.05, 4.69) is 201 Å². The molecule has 4 aromatic heterocycles. The molecule has 0 amide bonds. The summed E-state index contributed by atoms with van der Waals surface area (Å²) in [5.41, 5.74) is 15.8. The molecule has 0 spiro atoms. The highest BCUT2D eigenvalue weighted by atomic mass is 15.0. The van der Waals surface area contributed by atoms with Crippen LogP contribution in [0.15, 0.2) is 206 Å². The highest BCUT2D eigenvalue weighted by Gasteiger charge is 2.23. The molecule has 0 unspecified atom stereocenters. The molecule has 0 aliphatic heterocycles. The van der Waals surface area contributed by atoms with Gasteiger partial charge in [0.2, 0.25) is 0 Å². The highest BCUT2D eigenvalue weighted by molar-refractivity contribution is 6.14. The smallest absolute Gasteiger partial charge is 0.164 e. The van der Waals surface area contributed by atoms with Crippen LogP contribution in [0.25, 0.3) is 117 Å². The third-order valence-corrected chi connectivity index (χ3v) is 14.4. The van der Waals surface area contributed by atoms with Gasteiger partial charge in [0.25, 0.3) is 0 Å². The van der Waals surface area contributed by atoms with Crippen LogP contribution in [-0.4, -0.2) is 28.7 Å². The van der Waals surface area contributed by atoms with Crippen LogP contribution < -0.4 is 0 Å². The zero-order chi connectivity index (χ0) is 48.2. The second-order valence-corrected chi connectivity index (χ2v) is 21.0. The van der Waals surface area contributed by atoms with Gasteiger partial charge in [0, 0.05) is 66.1 Å². The van der Waals surface area contributed by atoms with Crippen molar-refractivity contribution in [3.05, 3.63) is 217 Å². The van der Waals surface area contributed by atoms with E-state index in [1.807, 2.05) is 60.7 Å². The highest BCUT2D eigenvalue weighted by Crippen LogP contribution is 2.41. The van der Waals surface area contributed by atoms with Crippen molar-refractivity contribution in [1.82, 2.24) is 28.7 Å². The Morgan fingerprint density at radius 3 is 0.986 bits per heavy atom. The molecule has 0 bridgehead atoms. The minimum Gasteiger partial charge on any atom is -0.309 e. The molecular weight excluding hydrogens is 865 g/mol. The van der Waals surface area contributed by atoms with E-state index in [1.54, 1.807) is 0 Å². The standard InChI is InChI=1S/C65H52N6/c1-64(2,3)44-27-33-57-51(37-44)49-21-13-15-23-55(49)70(57)47-31-35-59-53(39-47)54-40-48(71-56-24-16-14-22-50(56)52-38-45(65(4,5)6)28-34-58(52)71)32-36-60(54)69(59)46-29-25-43(26-30-46)63-67-61(41-17-9-7-10-18-41)66-62(68-63)42-19-11-8-12-20-42/h7-40H,1-6H3. The van der Waals surface area contributed by atoms with Crippen LogP contribution in [0.3, 0.4) is 0 Å². The summed E-state index contributed by atoms with van der Waals surface area (Å²) in [6.07, 6.45) is 0. The zero-order valence-corrected chi connectivity index (χ0v) is 40.8. The summed E-state index contributed by atoms with van der Waals surface area (Å²) >= 11 is 0. The molecule has 13 aromatic rings. The number of benzene rings is 9. The van der Waals surface area contributed by atoms with E-state index in [1.165, 1.54) is 65.5 Å². The molecule has 0 radical (unpaired) electrons. The Kier molecular flexibility index (Phi) is 9.56. The molecule has 0 saturated heterocycles. The topological polar surface area (TPSA) is 53.5 Å². The summed E-state index contributed by atoms with van der Waals surface area (Å²) in [5, 5.41) is 7.39. The van der Waals surface area contributed by atoms with Crippen molar-refractivity contribution in [2.75, 3.05) is 0 Å². The molecular formula is C65H52N6. The number of hydrogen-bond acceptors (Lipinski definition) is 3. The first kappa shape index (κ1) is 42.5. The average molecular weight is 917 g/mol. The van der Waals surface area contributed by atoms with Gasteiger partial charge in [-0.05, 0) is 119 Å². The van der Waals surface area contributed by atoms with Crippen molar-refractivity contribution < 1.29 is 0 Å². The molecule has 0 aliphatic rings. The molecule has 6 nitrogen and oxygen atoms in total. The van der Waals surface area contributed by atoms with Gasteiger partial charge in [-0.25, -0.2) is 15.0 Å². The zero-order valence-electron chi connectivity index (χ0n) is 40.8. The van der Waals surface area contributed by atoms with Crippen LogP contribution in [0.5, 0.6) is 0 Å². The predicted octanol–water partition coefficient (Wildman–Crippen LogP) is 16.8. The van der Waals surface area contributed by atoms with E-state index >= 15 is 0 Å². The summed E-state index contributed by atoms with van der Waals surface area (Å²) in [6.45, 7) is 13.7. The Morgan fingerprint density at radius 1 is 0.268 bits per heavy atom. The molecule has 71 heavy (non-hydrogen) atoms. The molecule has 6 heteroatoms. The van der Waals surface area contributed by atoms with Crippen molar-refractivity contribution in [1.29, 1.82) is 0 Å². The quantitative estimate of drug-likeness (QED) is 0.167. The van der Waals surface area contributed by atoms with Gasteiger partial charge in [0.1, 0.15) is 0 Å². The van der Waals surface area contributed by atoms with Crippen molar-refractivity contribution in [2.45, 2.75) is 52.4 Å². The lowest BCUT2D eigenvalue weighted by molar-refractivity contribution is 0.591. The number of rotatable bonds is 6. The second-order valence-electron chi connectivity index (χ2n) is 21.0. The third-order valence-electron chi connectivity index (χ3n) is 14.4. The van der Waals surface area contributed by atoms with Gasteiger partial charge in [0.15, 0.2) is 17.5 Å². The lowest BCUT2D eigenvalue weighted by Gasteiger charge is -2.19. The SMILES string of the molecule is CC(C)(C)c1ccc2c(c1)c1ccccc1n2-c1ccc2c(c1)c1cc(-n3c4ccccc4c4cc(C(C)(C)C)ccc43)ccc1n2-c1ccc(-c2nc(-c3ccccc3)nc(-c3ccccc3)n2)cc1. The van der Waals surface area contributed by atoms with Crippen LogP contribution >= 0.6 is 0 Å². The second kappa shape index (κ2) is 16.0. The van der Waals surface area contributed by atoms with E-state index in [0.717, 1.165) is 44.8 Å². The van der Waals surface area contributed by atoms with Crippen LogP contribution in [0.4, 0.5) is 0 Å². The van der Waals surface area contributed by atoms with Crippen molar-refractivity contribution in [3.8, 4) is 51.2 Å². The van der Waals surface area contributed by atoms with Crippen molar-refractivity contribution in [2.24, 2.45) is 0 Å². The molecule has 0 atom stereocenters. The van der Waals surface area contributed by atoms with Crippen molar-refractivity contribution >= 4 is 65.4 Å². The Labute approximate surface area is 413 Å². The van der Waals surface area contributed by atoms with Gasteiger partial charge in [-0.15, -0.1) is 0 Å². The fourth-order valence-electron chi connectivity index (χ4n) is 10.7. The summed E-state index contributed by atoms with van der Waals surface area (Å²) in [5.74, 6) is 1.91. The lowest BCUT2D eigenvalue weighted by Crippen LogP contribution is -2.10. The Balaban J connectivity index is 1.02. The molecule has 9 aromatic carbocycles. The van der Waals surface area contributed by atoms with Crippen molar-refractivity contribution in [3.63, 3.8) is 0 Å². The van der Waals surface area contributed by atoms with E-state index < -0.39 is 0 Å². The molecule has 0 fully saturated rings. The minimum absolute atomic E-state index is 0.0286. The van der Waals surface area contributed by atoms with Gasteiger partial charge in [0.05, 0.1) is 33.1 Å². The largest absolute Gasteiger partial charge is 0.309 e. The van der Waals surface area contributed by atoms with E-state index in [-0.39, 0.29) is 10.8 Å². The summed E-state index contributed by atoms with van der Waals surface area (Å²) in [6, 6.07) is 74.6. The first-order valence-corrected chi connectivity index (χ1v) is 24.6. The molecule has 342 valence electrons. The van der Waals surface area contributed by atoms with E-state index in [4.69, 9.17) is 15.0 Å². The maximum atomic E-state index is 5.05. The first-order valence-electron chi connectivity index (χ1n) is 24.6. The van der Waals surface area contributed by atoms with Crippen LogP contribution in [0, 0.1) is 0 Å². The van der Waals surface area contributed by atoms with E-state index in [0.29, 0.717) is 17.5 Å². The fourth-order valence-corrected chi connectivity index (χ4v) is 10.7. The Morgan fingerprint density at radius 2 is 0.577 bits per heavy atom. The first-order chi connectivity index (χ1) is 34.5. The third kappa shape index (κ3) is 7.04. The number of fused-ring (bicyclic) bond motifs is 9. The average Bonchev–Trinajstić information content (AvgIpc) is 4.03. The molecule has 4 heterocycles. The normalized spacial score (nSPS) is 12.4. The van der Waals surface area contributed by atoms with Crippen LogP contribution in [0.1, 0.15) is 52.7 Å². The number of para-hydroxylation sites is 2. The van der Waals surface area contributed by atoms with Gasteiger partial charge in [-0.3, -0.25) is 0 Å². The van der Waals surface area contributed by atoms with Crippen LogP contribution in [-0.2, 0) is 10.8 Å². The Bertz CT molecular complexity index is 3970. The van der Waals surface area contributed by atoms with Gasteiger partial charge >= 0.3 is 0 Å². The fraction of sp³-hybridized carbons (Fsp3) is 0.123. The van der Waals surface area contributed by atoms with E-state index in [9.17, 15) is 0 Å². The predicted molar refractivity (Wildman–Crippen MR) is 297 cm³/mol. The summed E-state index contributed by atoms with van der Waals surface area (Å²) in [7, 11) is 0. The lowest BCUT2D eigenvalue weighted by atomic mass is 9.86. The monoisotopic (exact) mass is 916 g/mol. The molecule has 0 saturated carbocycles. The summed E-state index contributed by atoms with van der Waals surface area (Å²) < 4.78 is 7.30. The molecule has 13 rings (SSSR count). The Hall–Kier alpha value is -8.61. The van der Waals surface area contributed by atoms with Gasteiger partial charge in [-0.2, -0.15) is 0 Å². The maximum absolute atomic E-state index is 5.05. The minimum atomic E-state index is 0.0286. The molecule has 0 aliphatic carbocycles. The van der Waals surface area contributed by atoms with Gasteiger partial charge in [-0.1, -0.05) is 151 Å². The maximum Gasteiger partial charge on any atom is 0.164 e. The number of hydrogen-bond donors (Lipinski definition) is 0. The number of nitrogens with zero attached hydrogens (tertiary/aromatic N) is 6.